The largest absolute Gasteiger partial charge is 0.394 e. The number of rotatable bonds is 6. The van der Waals surface area contributed by atoms with Gasteiger partial charge >= 0.3 is 0 Å². The lowest BCUT2D eigenvalue weighted by atomic mass is 9.90. The van der Waals surface area contributed by atoms with Crippen LogP contribution in [0.2, 0.25) is 0 Å². The first kappa shape index (κ1) is 20.0. The molecule has 1 aliphatic rings. The lowest BCUT2D eigenvalue weighted by molar-refractivity contribution is -0.231. The molecule has 5 atom stereocenters. The maximum atomic E-state index is 10.3. The summed E-state index contributed by atoms with van der Waals surface area (Å²) in [5.41, 5.74) is 4.44. The first-order valence-corrected chi connectivity index (χ1v) is 9.44. The van der Waals surface area contributed by atoms with Crippen molar-refractivity contribution in [3.8, 4) is 0 Å². The average Bonchev–Trinajstić information content (AvgIpc) is 2.67. The van der Waals surface area contributed by atoms with Gasteiger partial charge in [0, 0.05) is 0 Å². The Bertz CT molecular complexity index is 745. The number of aliphatic hydroxyl groups is 4. The van der Waals surface area contributed by atoms with E-state index in [1.54, 1.807) is 0 Å². The molecule has 4 N–H and O–H groups in total. The Kier molecular flexibility index (Phi) is 6.63. The van der Waals surface area contributed by atoms with E-state index in [1.807, 2.05) is 24.3 Å². The highest BCUT2D eigenvalue weighted by Crippen LogP contribution is 2.32. The maximum Gasteiger partial charge on any atom is 0.113 e. The van der Waals surface area contributed by atoms with Gasteiger partial charge in [-0.2, -0.15) is 0 Å². The van der Waals surface area contributed by atoms with Gasteiger partial charge in [0.25, 0.3) is 0 Å². The Morgan fingerprint density at radius 2 is 1.52 bits per heavy atom. The fourth-order valence-corrected chi connectivity index (χ4v) is 3.67. The van der Waals surface area contributed by atoms with Gasteiger partial charge in [0.1, 0.15) is 30.5 Å². The molecule has 146 valence electrons. The SMILES string of the molecule is Cc1cccc(CCCc2cccc([C@@H]3O[C@H](CO)[C@@H](O)[C@H](O)[C@H]3O)c2)c1. The molecular weight excluding hydrogens is 344 g/mol. The number of ether oxygens (including phenoxy) is 1. The molecule has 5 heteroatoms. The van der Waals surface area contributed by atoms with Crippen molar-refractivity contribution < 1.29 is 25.2 Å². The van der Waals surface area contributed by atoms with E-state index in [9.17, 15) is 20.4 Å². The molecule has 0 aromatic heterocycles. The summed E-state index contributed by atoms with van der Waals surface area (Å²) in [5.74, 6) is 0. The molecule has 2 aromatic carbocycles. The van der Waals surface area contributed by atoms with Gasteiger partial charge in [-0.1, -0.05) is 54.1 Å². The molecule has 3 rings (SSSR count). The van der Waals surface area contributed by atoms with E-state index >= 15 is 0 Å². The van der Waals surface area contributed by atoms with Crippen LogP contribution in [0.1, 0.15) is 34.8 Å². The van der Waals surface area contributed by atoms with E-state index < -0.39 is 37.1 Å². The van der Waals surface area contributed by atoms with Crippen molar-refractivity contribution in [1.82, 2.24) is 0 Å². The van der Waals surface area contributed by atoms with E-state index in [4.69, 9.17) is 4.74 Å². The van der Waals surface area contributed by atoms with E-state index in [0.717, 1.165) is 30.4 Å². The number of hydrogen-bond acceptors (Lipinski definition) is 5. The lowest BCUT2D eigenvalue weighted by Crippen LogP contribution is -2.55. The smallest absolute Gasteiger partial charge is 0.113 e. The van der Waals surface area contributed by atoms with Crippen LogP contribution in [-0.2, 0) is 17.6 Å². The molecule has 1 saturated heterocycles. The zero-order valence-electron chi connectivity index (χ0n) is 15.5. The van der Waals surface area contributed by atoms with Crippen LogP contribution in [-0.4, -0.2) is 51.4 Å². The van der Waals surface area contributed by atoms with Crippen molar-refractivity contribution in [3.63, 3.8) is 0 Å². The predicted octanol–water partition coefficient (Wildman–Crippen LogP) is 1.69. The van der Waals surface area contributed by atoms with Gasteiger partial charge in [0.05, 0.1) is 6.61 Å². The molecule has 0 spiro atoms. The van der Waals surface area contributed by atoms with Gasteiger partial charge in [-0.25, -0.2) is 0 Å². The second-order valence-corrected chi connectivity index (χ2v) is 7.34. The highest BCUT2D eigenvalue weighted by atomic mass is 16.5. The van der Waals surface area contributed by atoms with Crippen molar-refractivity contribution in [2.24, 2.45) is 0 Å². The van der Waals surface area contributed by atoms with Crippen molar-refractivity contribution in [2.75, 3.05) is 6.61 Å². The van der Waals surface area contributed by atoms with Gasteiger partial charge in [-0.05, 0) is 42.9 Å². The monoisotopic (exact) mass is 372 g/mol. The summed E-state index contributed by atoms with van der Waals surface area (Å²) in [6.45, 7) is 1.67. The molecule has 0 radical (unpaired) electrons. The predicted molar refractivity (Wildman–Crippen MR) is 102 cm³/mol. The summed E-state index contributed by atoms with van der Waals surface area (Å²) in [7, 11) is 0. The second-order valence-electron chi connectivity index (χ2n) is 7.34. The fraction of sp³-hybridized carbons (Fsp3) is 0.455. The molecule has 2 aromatic rings. The van der Waals surface area contributed by atoms with Crippen LogP contribution in [0.15, 0.2) is 48.5 Å². The third kappa shape index (κ3) is 4.75. The number of aliphatic hydroxyl groups excluding tert-OH is 4. The topological polar surface area (TPSA) is 90.2 Å². The molecule has 0 aliphatic carbocycles. The molecule has 0 bridgehead atoms. The lowest BCUT2D eigenvalue weighted by Gasteiger charge is -2.40. The van der Waals surface area contributed by atoms with E-state index in [-0.39, 0.29) is 0 Å². The van der Waals surface area contributed by atoms with E-state index in [0.29, 0.717) is 0 Å². The van der Waals surface area contributed by atoms with Crippen LogP contribution < -0.4 is 0 Å². The summed E-state index contributed by atoms with van der Waals surface area (Å²) < 4.78 is 5.65. The van der Waals surface area contributed by atoms with Crippen molar-refractivity contribution >= 4 is 0 Å². The van der Waals surface area contributed by atoms with Crippen LogP contribution in [0.5, 0.6) is 0 Å². The molecule has 1 aliphatic heterocycles. The summed E-state index contributed by atoms with van der Waals surface area (Å²) in [5, 5.41) is 39.6. The normalized spacial score (nSPS) is 28.3. The minimum Gasteiger partial charge on any atom is -0.394 e. The Hall–Kier alpha value is -1.76. The first-order chi connectivity index (χ1) is 13.0. The minimum absolute atomic E-state index is 0.419. The summed E-state index contributed by atoms with van der Waals surface area (Å²) in [6.07, 6.45) is -2.72. The first-order valence-electron chi connectivity index (χ1n) is 9.44. The summed E-state index contributed by atoms with van der Waals surface area (Å²) >= 11 is 0. The van der Waals surface area contributed by atoms with Crippen LogP contribution in [0.4, 0.5) is 0 Å². The van der Waals surface area contributed by atoms with Crippen molar-refractivity contribution in [2.45, 2.75) is 56.7 Å². The molecule has 0 unspecified atom stereocenters. The summed E-state index contributed by atoms with van der Waals surface area (Å²) in [4.78, 5) is 0. The van der Waals surface area contributed by atoms with Crippen LogP contribution in [0, 0.1) is 6.92 Å². The Morgan fingerprint density at radius 3 is 2.19 bits per heavy atom. The zero-order valence-corrected chi connectivity index (χ0v) is 15.5. The number of aryl methyl sites for hydroxylation is 3. The fourth-order valence-electron chi connectivity index (χ4n) is 3.67. The van der Waals surface area contributed by atoms with Crippen LogP contribution >= 0.6 is 0 Å². The Morgan fingerprint density at radius 1 is 0.852 bits per heavy atom. The minimum atomic E-state index is -1.36. The van der Waals surface area contributed by atoms with Gasteiger partial charge < -0.3 is 25.2 Å². The number of benzene rings is 2. The standard InChI is InChI=1S/C22H28O5/c1-14-5-2-6-15(11-14)7-3-8-16-9-4-10-17(12-16)22-21(26)20(25)19(24)18(13-23)27-22/h2,4-6,9-12,18-26H,3,7-8,13H2,1H3/t18-,19-,20+,21-,22+/m1/s1. The summed E-state index contributed by atoms with van der Waals surface area (Å²) in [6, 6.07) is 16.2. The van der Waals surface area contributed by atoms with E-state index in [1.165, 1.54) is 11.1 Å². The molecule has 0 amide bonds. The average molecular weight is 372 g/mol. The molecule has 1 fully saturated rings. The highest BCUT2D eigenvalue weighted by molar-refractivity contribution is 5.28. The molecule has 5 nitrogen and oxygen atoms in total. The van der Waals surface area contributed by atoms with Crippen LogP contribution in [0.25, 0.3) is 0 Å². The highest BCUT2D eigenvalue weighted by Gasteiger charge is 2.43. The second kappa shape index (κ2) is 8.95. The molecule has 0 saturated carbocycles. The van der Waals surface area contributed by atoms with Gasteiger partial charge in [0.2, 0.25) is 0 Å². The third-order valence-corrected chi connectivity index (χ3v) is 5.19. The molecule has 1 heterocycles. The van der Waals surface area contributed by atoms with Gasteiger partial charge in [-0.15, -0.1) is 0 Å². The zero-order chi connectivity index (χ0) is 19.4. The maximum absolute atomic E-state index is 10.3. The number of hydrogen-bond donors (Lipinski definition) is 4. The quantitative estimate of drug-likeness (QED) is 0.620. The molecular formula is C22H28O5. The van der Waals surface area contributed by atoms with Gasteiger partial charge in [0.15, 0.2) is 0 Å². The van der Waals surface area contributed by atoms with Gasteiger partial charge in [-0.3, -0.25) is 0 Å². The van der Waals surface area contributed by atoms with Crippen molar-refractivity contribution in [1.29, 1.82) is 0 Å². The Labute approximate surface area is 159 Å². The Balaban J connectivity index is 1.66. The van der Waals surface area contributed by atoms with Crippen LogP contribution in [0.3, 0.4) is 0 Å². The van der Waals surface area contributed by atoms with Crippen molar-refractivity contribution in [3.05, 3.63) is 70.8 Å². The third-order valence-electron chi connectivity index (χ3n) is 5.19. The van der Waals surface area contributed by atoms with E-state index in [2.05, 4.69) is 31.2 Å². The molecule has 27 heavy (non-hydrogen) atoms.